The van der Waals surface area contributed by atoms with E-state index in [1.165, 1.54) is 23.3 Å². The van der Waals surface area contributed by atoms with E-state index >= 15 is 0 Å². The van der Waals surface area contributed by atoms with Crippen LogP contribution in [0.1, 0.15) is 56.8 Å². The van der Waals surface area contributed by atoms with Crippen molar-refractivity contribution in [3.63, 3.8) is 0 Å². The molecule has 0 spiro atoms. The molecule has 4 aliphatic rings. The SMILES string of the molecule is CCn1c(-c2cccnc2[C@@](C)(S)OC)c2c3cc(ccc31)-c1csc(n1)C[C@H](C(S)C(=O)N1CCOCC1)C(=O)N1CCC[C@@H](C(=O)OCC(C)(C)C2)C2SN21. The van der Waals surface area contributed by atoms with Gasteiger partial charge in [0.05, 0.1) is 59.0 Å². The highest BCUT2D eigenvalue weighted by atomic mass is 32.2. The van der Waals surface area contributed by atoms with E-state index in [4.69, 9.17) is 49.4 Å². The lowest BCUT2D eigenvalue weighted by molar-refractivity contribution is -0.153. The van der Waals surface area contributed by atoms with Crippen LogP contribution in [-0.4, -0.2) is 104 Å². The number of nitrogens with zero attached hydrogens (tertiary/aromatic N) is 6. The molecule has 4 aliphatic heterocycles. The molecule has 3 unspecified atom stereocenters. The number of carbonyl (C=O) groups is 3. The number of methoxy groups -OCH3 is 1. The number of hydrazine groups is 1. The van der Waals surface area contributed by atoms with Gasteiger partial charge in [-0.25, -0.2) is 4.98 Å². The van der Waals surface area contributed by atoms with Gasteiger partial charge in [-0.15, -0.1) is 28.4 Å². The Morgan fingerprint density at radius 3 is 2.72 bits per heavy atom. The van der Waals surface area contributed by atoms with Crippen LogP contribution < -0.4 is 0 Å². The molecule has 3 aromatic heterocycles. The summed E-state index contributed by atoms with van der Waals surface area (Å²) in [6, 6.07) is 10.5. The van der Waals surface area contributed by atoms with Gasteiger partial charge in [0.2, 0.25) is 11.8 Å². The standard InChI is InChI=1S/C41H50N6O6S4/c1-6-45-31-12-11-24-19-27(31)29(33(45)25-9-7-13-42-35(25)41(4,55)51-5)21-40(2,3)23-53-39(50)26-10-8-14-46(47-38(26)57-47)36(48)28(20-32-43-30(24)22-56-32)34(54)37(49)44-15-17-52-18-16-44/h7,9,11-13,19,22,26,28,34,38,54-55H,6,8,10,14-18,20-21,23H2,1-5H3/t26-,28-,34?,38?,41-,47?/m1/s1. The Bertz CT molecular complexity index is 2180. The highest BCUT2D eigenvalue weighted by molar-refractivity contribution is 8.03. The lowest BCUT2D eigenvalue weighted by atomic mass is 9.84. The van der Waals surface area contributed by atoms with E-state index in [0.29, 0.717) is 64.3 Å². The maximum absolute atomic E-state index is 14.6. The summed E-state index contributed by atoms with van der Waals surface area (Å²) in [6.45, 7) is 11.5. The number of benzene rings is 1. The van der Waals surface area contributed by atoms with Gasteiger partial charge in [0, 0.05) is 78.7 Å². The van der Waals surface area contributed by atoms with Crippen LogP contribution in [0.15, 0.2) is 41.9 Å². The fraction of sp³-hybridized carbons (Fsp3) is 0.537. The summed E-state index contributed by atoms with van der Waals surface area (Å²) < 4.78 is 21.8. The molecule has 3 fully saturated rings. The predicted molar refractivity (Wildman–Crippen MR) is 229 cm³/mol. The van der Waals surface area contributed by atoms with E-state index in [2.05, 4.69) is 49.6 Å². The molecular weight excluding hydrogens is 801 g/mol. The fourth-order valence-electron chi connectivity index (χ4n) is 8.41. The minimum Gasteiger partial charge on any atom is -0.465 e. The topological polar surface area (TPSA) is 119 Å². The summed E-state index contributed by atoms with van der Waals surface area (Å²) in [5.74, 6) is -1.79. The maximum Gasteiger partial charge on any atom is 0.311 e. The van der Waals surface area contributed by atoms with E-state index in [-0.39, 0.29) is 36.2 Å². The molecule has 0 aliphatic carbocycles. The third-order valence-electron chi connectivity index (χ3n) is 11.6. The van der Waals surface area contributed by atoms with Crippen LogP contribution in [0, 0.1) is 17.3 Å². The number of thiol groups is 2. The molecule has 4 aromatic rings. The summed E-state index contributed by atoms with van der Waals surface area (Å²) in [5.41, 5.74) is 6.10. The number of rotatable bonds is 6. The van der Waals surface area contributed by atoms with E-state index in [1.54, 1.807) is 23.2 Å². The van der Waals surface area contributed by atoms with Gasteiger partial charge in [0.25, 0.3) is 0 Å². The van der Waals surface area contributed by atoms with Gasteiger partial charge >= 0.3 is 5.97 Å². The van der Waals surface area contributed by atoms with Crippen LogP contribution in [0.4, 0.5) is 0 Å². The van der Waals surface area contributed by atoms with Gasteiger partial charge in [-0.3, -0.25) is 24.4 Å². The number of esters is 1. The van der Waals surface area contributed by atoms with Crippen LogP contribution in [0.5, 0.6) is 0 Å². The van der Waals surface area contributed by atoms with Crippen molar-refractivity contribution in [1.29, 1.82) is 0 Å². The predicted octanol–water partition coefficient (Wildman–Crippen LogP) is 6.48. The first-order chi connectivity index (χ1) is 27.3. The fourth-order valence-corrected chi connectivity index (χ4v) is 10.9. The molecule has 12 nitrogen and oxygen atoms in total. The third kappa shape index (κ3) is 7.87. The number of amides is 2. The Balaban J connectivity index is 1.26. The number of morpholine rings is 1. The van der Waals surface area contributed by atoms with Crippen molar-refractivity contribution in [2.75, 3.05) is 46.6 Å². The van der Waals surface area contributed by atoms with Gasteiger partial charge in [0.1, 0.15) is 5.37 Å². The number of thiazole rings is 1. The summed E-state index contributed by atoms with van der Waals surface area (Å²) in [6.07, 6.45) is 3.85. The minimum absolute atomic E-state index is 0.182. The second-order valence-electron chi connectivity index (χ2n) is 16.2. The number of ether oxygens (including phenoxy) is 3. The monoisotopic (exact) mass is 850 g/mol. The molecule has 6 bridgehead atoms. The van der Waals surface area contributed by atoms with Crippen molar-refractivity contribution in [3.8, 4) is 22.5 Å². The number of hydrogen-bond acceptors (Lipinski definition) is 13. The van der Waals surface area contributed by atoms with Crippen LogP contribution in [-0.2, 0) is 52.9 Å². The first-order valence-electron chi connectivity index (χ1n) is 19.6. The minimum atomic E-state index is -0.957. The molecule has 0 N–H and O–H groups in total. The third-order valence-corrected chi connectivity index (χ3v) is 14.6. The Morgan fingerprint density at radius 2 is 1.96 bits per heavy atom. The maximum atomic E-state index is 14.6. The first-order valence-corrected chi connectivity index (χ1v) is 22.3. The molecule has 0 saturated carbocycles. The van der Waals surface area contributed by atoms with Gasteiger partial charge in [0.15, 0.2) is 4.93 Å². The number of aryl methyl sites for hydroxylation is 1. The average Bonchev–Trinajstić information content (AvgIpc) is 3.79. The Labute approximate surface area is 352 Å². The molecular formula is C41H50N6O6S4. The largest absolute Gasteiger partial charge is 0.465 e. The van der Waals surface area contributed by atoms with Gasteiger partial charge < -0.3 is 23.7 Å². The van der Waals surface area contributed by atoms with Crippen molar-refractivity contribution < 1.29 is 28.6 Å². The van der Waals surface area contributed by atoms with Crippen molar-refractivity contribution in [3.05, 3.63) is 58.2 Å². The quantitative estimate of drug-likeness (QED) is 0.0734. The summed E-state index contributed by atoms with van der Waals surface area (Å²) in [7, 11) is 1.64. The Kier molecular flexibility index (Phi) is 11.5. The second-order valence-corrected chi connectivity index (χ2v) is 19.6. The van der Waals surface area contributed by atoms with Crippen LogP contribution in [0.3, 0.4) is 0 Å². The van der Waals surface area contributed by atoms with E-state index in [1.807, 2.05) is 22.8 Å². The van der Waals surface area contributed by atoms with Gasteiger partial charge in [-0.1, -0.05) is 19.9 Å². The van der Waals surface area contributed by atoms with Crippen molar-refractivity contribution in [1.82, 2.24) is 28.9 Å². The average molecular weight is 851 g/mol. The van der Waals surface area contributed by atoms with Crippen LogP contribution >= 0.6 is 48.5 Å². The van der Waals surface area contributed by atoms with Crippen molar-refractivity contribution in [2.45, 2.75) is 75.5 Å². The molecule has 304 valence electrons. The number of aromatic nitrogens is 3. The molecule has 7 heterocycles. The number of hydrogen-bond donors (Lipinski definition) is 2. The van der Waals surface area contributed by atoms with E-state index in [9.17, 15) is 14.4 Å². The summed E-state index contributed by atoms with van der Waals surface area (Å²) in [4.78, 5) is 53.2. The second kappa shape index (κ2) is 16.1. The lowest BCUT2D eigenvalue weighted by Crippen LogP contribution is -2.51. The molecule has 0 radical (unpaired) electrons. The Morgan fingerprint density at radius 1 is 1.18 bits per heavy atom. The summed E-state index contributed by atoms with van der Waals surface area (Å²) in [5, 5.41) is 4.48. The number of carbonyl (C=O) groups excluding carboxylic acids is 3. The molecule has 6 atom stereocenters. The van der Waals surface area contributed by atoms with Gasteiger partial charge in [-0.05, 0) is 74.9 Å². The molecule has 3 saturated heterocycles. The van der Waals surface area contributed by atoms with Crippen molar-refractivity contribution >= 4 is 77.2 Å². The number of pyridine rings is 1. The van der Waals surface area contributed by atoms with Crippen LogP contribution in [0.2, 0.25) is 0 Å². The van der Waals surface area contributed by atoms with Crippen molar-refractivity contribution in [2.24, 2.45) is 17.3 Å². The zero-order valence-electron chi connectivity index (χ0n) is 33.0. The smallest absolute Gasteiger partial charge is 0.311 e. The zero-order chi connectivity index (χ0) is 40.2. The molecule has 16 heteroatoms. The Hall–Kier alpha value is -3.12. The first kappa shape index (κ1) is 40.7. The number of fused-ring (bicyclic) bond motifs is 4. The molecule has 57 heavy (non-hydrogen) atoms. The number of cyclic esters (lactones) is 1. The van der Waals surface area contributed by atoms with Gasteiger partial charge in [-0.2, -0.15) is 12.6 Å². The normalized spacial score (nSPS) is 25.5. The lowest BCUT2D eigenvalue weighted by Gasteiger charge is -2.33. The molecule has 2 amide bonds. The zero-order valence-corrected chi connectivity index (χ0v) is 36.4. The molecule has 1 aromatic carbocycles. The van der Waals surface area contributed by atoms with E-state index in [0.717, 1.165) is 44.0 Å². The highest BCUT2D eigenvalue weighted by Gasteiger charge is 2.54. The summed E-state index contributed by atoms with van der Waals surface area (Å²) >= 11 is 12.7. The van der Waals surface area contributed by atoms with Crippen LogP contribution in [0.25, 0.3) is 33.4 Å². The highest BCUT2D eigenvalue weighted by Crippen LogP contribution is 2.51. The van der Waals surface area contributed by atoms with E-state index < -0.39 is 27.4 Å². The molecule has 8 rings (SSSR count).